The number of benzene rings is 12. The third-order valence-electron chi connectivity index (χ3n) is 16.9. The van der Waals surface area contributed by atoms with E-state index in [-0.39, 0.29) is 0 Å². The van der Waals surface area contributed by atoms with Crippen molar-refractivity contribution in [1.82, 2.24) is 29.9 Å². The first kappa shape index (κ1) is 65.7. The second kappa shape index (κ2) is 32.2. The molecular weight excluding hydrogens is 1210 g/mol. The summed E-state index contributed by atoms with van der Waals surface area (Å²) in [4.78, 5) is 29.2. The Bertz CT molecular complexity index is 4400. The lowest BCUT2D eigenvalue weighted by atomic mass is 9.99. The second-order valence-corrected chi connectivity index (χ2v) is 24.6. The van der Waals surface area contributed by atoms with Crippen molar-refractivity contribution < 1.29 is 0 Å². The fraction of sp³-hybridized carbons (Fsp3) is 0.0426. The average Bonchev–Trinajstić information content (AvgIpc) is 0.859. The van der Waals surface area contributed by atoms with Gasteiger partial charge in [0.2, 0.25) is 0 Å². The Labute approximate surface area is 587 Å². The van der Waals surface area contributed by atoms with Crippen molar-refractivity contribution in [2.24, 2.45) is 0 Å². The number of rotatable bonds is 12. The molecule has 0 saturated carbocycles. The van der Waals surface area contributed by atoms with Crippen LogP contribution in [0.4, 0.5) is 0 Å². The van der Waals surface area contributed by atoms with Crippen LogP contribution < -0.4 is 0 Å². The van der Waals surface area contributed by atoms with Gasteiger partial charge >= 0.3 is 0 Å². The van der Waals surface area contributed by atoms with Gasteiger partial charge in [-0.15, -0.1) is 0 Å². The Hall–Kier alpha value is -12.9. The number of aryl methyl sites for hydroxylation is 4. The molecule has 0 bridgehead atoms. The molecule has 0 aliphatic carbocycles. The minimum atomic E-state index is 0.749. The van der Waals surface area contributed by atoms with E-state index in [1.807, 2.05) is 115 Å². The van der Waals surface area contributed by atoms with Gasteiger partial charge in [-0.3, -0.25) is 0 Å². The predicted molar refractivity (Wildman–Crippen MR) is 417 cm³/mol. The Balaban J connectivity index is 0.000000119. The van der Waals surface area contributed by atoms with Crippen LogP contribution in [0.5, 0.6) is 0 Å². The van der Waals surface area contributed by atoms with E-state index in [0.29, 0.717) is 0 Å². The highest BCUT2D eigenvalue weighted by atomic mass is 14.9. The van der Waals surface area contributed by atoms with Crippen LogP contribution in [0.2, 0.25) is 0 Å². The largest absolute Gasteiger partial charge is 0.248 e. The fourth-order valence-corrected chi connectivity index (χ4v) is 11.8. The maximum atomic E-state index is 4.94. The number of nitrogens with zero attached hydrogens (tertiary/aromatic N) is 6. The smallest absolute Gasteiger partial charge is 0.160 e. The third-order valence-corrected chi connectivity index (χ3v) is 16.9. The van der Waals surface area contributed by atoms with Crippen LogP contribution in [-0.2, 0) is 0 Å². The molecule has 0 aliphatic heterocycles. The summed E-state index contributed by atoms with van der Waals surface area (Å²) >= 11 is 0. The van der Waals surface area contributed by atoms with Gasteiger partial charge in [0, 0.05) is 55.6 Å². The second-order valence-electron chi connectivity index (χ2n) is 24.6. The summed E-state index contributed by atoms with van der Waals surface area (Å²) < 4.78 is 0. The van der Waals surface area contributed by atoms with Gasteiger partial charge in [-0.1, -0.05) is 344 Å². The quantitative estimate of drug-likeness (QED) is 0.121. The Morgan fingerprint density at radius 2 is 0.330 bits per heavy atom. The van der Waals surface area contributed by atoms with Gasteiger partial charge in [-0.25, -0.2) is 29.9 Å². The molecule has 4 heterocycles. The van der Waals surface area contributed by atoms with Gasteiger partial charge in [0.15, 0.2) is 11.6 Å². The van der Waals surface area contributed by atoms with Gasteiger partial charge in [-0.05, 0) is 105 Å². The van der Waals surface area contributed by atoms with Crippen molar-refractivity contribution >= 4 is 0 Å². The SMILES string of the molecule is Cc1cccc(-c2cc(-c3ccccc3)cc(-c3ccccc3)n2)c1.Cc1cccc(-c2cc(-c3ccccc3)nc(-c3ccccc3)c2)c1.Cc1cccc(-c2cc(-c3ccccc3)nc(-c3ccccc3)n2)c1.Cc1cccc(-c2nc(-c3ccccc3)cc(-c3ccccc3)n2)c1. The summed E-state index contributed by atoms with van der Waals surface area (Å²) in [5, 5.41) is 0. The molecule has 0 spiro atoms. The van der Waals surface area contributed by atoms with Gasteiger partial charge in [-0.2, -0.15) is 0 Å². The molecule has 6 nitrogen and oxygen atoms in total. The van der Waals surface area contributed by atoms with Crippen LogP contribution in [0.15, 0.2) is 376 Å². The zero-order chi connectivity index (χ0) is 68.2. The highest BCUT2D eigenvalue weighted by Gasteiger charge is 2.15. The molecule has 0 radical (unpaired) electrons. The van der Waals surface area contributed by atoms with Crippen molar-refractivity contribution in [3.8, 4) is 135 Å². The molecule has 480 valence electrons. The molecule has 0 amide bonds. The van der Waals surface area contributed by atoms with E-state index in [0.717, 1.165) is 113 Å². The van der Waals surface area contributed by atoms with Crippen molar-refractivity contribution in [2.75, 3.05) is 0 Å². The minimum Gasteiger partial charge on any atom is -0.248 e. The Morgan fingerprint density at radius 1 is 0.130 bits per heavy atom. The zero-order valence-electron chi connectivity index (χ0n) is 56.5. The van der Waals surface area contributed by atoms with Crippen LogP contribution >= 0.6 is 0 Å². The molecular formula is C94H74N6. The molecule has 0 aliphatic rings. The highest BCUT2D eigenvalue weighted by molar-refractivity contribution is 5.80. The fourth-order valence-electron chi connectivity index (χ4n) is 11.8. The van der Waals surface area contributed by atoms with E-state index in [1.165, 1.54) is 44.5 Å². The lowest BCUT2D eigenvalue weighted by Crippen LogP contribution is -1.96. The summed E-state index contributed by atoms with van der Waals surface area (Å²) in [7, 11) is 0. The lowest BCUT2D eigenvalue weighted by Gasteiger charge is -2.10. The molecule has 4 aromatic heterocycles. The summed E-state index contributed by atoms with van der Waals surface area (Å²) in [6, 6.07) is 129. The molecule has 0 saturated heterocycles. The normalized spacial score (nSPS) is 10.6. The molecule has 12 aromatic carbocycles. The van der Waals surface area contributed by atoms with E-state index in [2.05, 4.69) is 289 Å². The standard InChI is InChI=1S/2C24H19N.2C23H18N2/c1-18-9-8-14-21(15-18)22-16-23(19-10-4-2-5-11-19)25-24(17-22)20-12-6-3-7-13-20;1-18-9-8-14-21(15-18)24-17-22(19-10-4-2-5-11-19)16-23(25-24)20-12-6-3-7-13-20;1-17-9-8-14-20(15-17)22-16-21(18-10-4-2-5-11-18)24-23(25-22)19-12-6-3-7-13-19;1-17-9-8-14-20(15-17)23-24-21(18-10-4-2-5-11-18)16-22(25-23)19-12-6-3-7-13-19/h2*2-17H,1H3;2*2-16H,1H3. The van der Waals surface area contributed by atoms with Gasteiger partial charge in [0.05, 0.1) is 45.6 Å². The average molecular weight is 1290 g/mol. The minimum absolute atomic E-state index is 0.749. The maximum Gasteiger partial charge on any atom is 0.160 e. The van der Waals surface area contributed by atoms with Gasteiger partial charge in [0.25, 0.3) is 0 Å². The summed E-state index contributed by atoms with van der Waals surface area (Å²) in [6.45, 7) is 8.42. The molecule has 0 atom stereocenters. The van der Waals surface area contributed by atoms with Crippen LogP contribution in [0.1, 0.15) is 22.3 Å². The van der Waals surface area contributed by atoms with E-state index < -0.39 is 0 Å². The zero-order valence-corrected chi connectivity index (χ0v) is 56.5. The number of pyridine rings is 2. The van der Waals surface area contributed by atoms with E-state index in [4.69, 9.17) is 29.9 Å². The maximum absolute atomic E-state index is 4.94. The topological polar surface area (TPSA) is 77.3 Å². The molecule has 16 aromatic rings. The summed E-state index contributed by atoms with van der Waals surface area (Å²) in [5.41, 5.74) is 28.5. The summed E-state index contributed by atoms with van der Waals surface area (Å²) in [6.07, 6.45) is 0. The number of hydrogen-bond acceptors (Lipinski definition) is 6. The first-order valence-electron chi connectivity index (χ1n) is 33.7. The van der Waals surface area contributed by atoms with Crippen molar-refractivity contribution in [2.45, 2.75) is 27.7 Å². The number of hydrogen-bond donors (Lipinski definition) is 0. The van der Waals surface area contributed by atoms with Crippen LogP contribution in [0, 0.1) is 27.7 Å². The Morgan fingerprint density at radius 3 is 0.640 bits per heavy atom. The molecule has 0 N–H and O–H groups in total. The predicted octanol–water partition coefficient (Wildman–Crippen LogP) is 24.4. The van der Waals surface area contributed by atoms with Gasteiger partial charge in [0.1, 0.15) is 0 Å². The van der Waals surface area contributed by atoms with E-state index in [9.17, 15) is 0 Å². The first-order chi connectivity index (χ1) is 49.2. The van der Waals surface area contributed by atoms with Crippen LogP contribution in [-0.4, -0.2) is 29.9 Å². The van der Waals surface area contributed by atoms with Gasteiger partial charge < -0.3 is 0 Å². The summed E-state index contributed by atoms with van der Waals surface area (Å²) in [5.74, 6) is 1.50. The Kier molecular flexibility index (Phi) is 21.2. The van der Waals surface area contributed by atoms with Crippen LogP contribution in [0.25, 0.3) is 135 Å². The molecule has 100 heavy (non-hydrogen) atoms. The number of aromatic nitrogens is 6. The van der Waals surface area contributed by atoms with Crippen molar-refractivity contribution in [3.63, 3.8) is 0 Å². The third kappa shape index (κ3) is 17.2. The lowest BCUT2D eigenvalue weighted by molar-refractivity contribution is 1.18. The monoisotopic (exact) mass is 1290 g/mol. The van der Waals surface area contributed by atoms with Crippen molar-refractivity contribution in [1.29, 1.82) is 0 Å². The van der Waals surface area contributed by atoms with E-state index >= 15 is 0 Å². The van der Waals surface area contributed by atoms with E-state index in [1.54, 1.807) is 0 Å². The molecule has 0 fully saturated rings. The van der Waals surface area contributed by atoms with Crippen LogP contribution in [0.3, 0.4) is 0 Å². The van der Waals surface area contributed by atoms with Crippen molar-refractivity contribution in [3.05, 3.63) is 398 Å². The first-order valence-corrected chi connectivity index (χ1v) is 33.7. The molecule has 0 unspecified atom stereocenters. The molecule has 16 rings (SSSR count). The molecule has 6 heteroatoms. The highest BCUT2D eigenvalue weighted by Crippen LogP contribution is 2.35.